The molecule has 27 heavy (non-hydrogen) atoms. The minimum absolute atomic E-state index is 0.0392. The maximum atomic E-state index is 12.5. The van der Waals surface area contributed by atoms with E-state index in [1.165, 1.54) is 0 Å². The van der Waals surface area contributed by atoms with E-state index < -0.39 is 0 Å². The molecule has 1 amide bonds. The van der Waals surface area contributed by atoms with Gasteiger partial charge in [0, 0.05) is 6.54 Å². The average Bonchev–Trinajstić information content (AvgIpc) is 2.72. The Labute approximate surface area is 160 Å². The molecule has 0 bridgehead atoms. The zero-order valence-corrected chi connectivity index (χ0v) is 16.5. The third-order valence-electron chi connectivity index (χ3n) is 4.46. The number of benzene rings is 2. The highest BCUT2D eigenvalue weighted by atomic mass is 16.5. The smallest absolute Gasteiger partial charge is 0.227 e. The van der Waals surface area contributed by atoms with Gasteiger partial charge in [-0.2, -0.15) is 0 Å². The molecule has 6 nitrogen and oxygen atoms in total. The third kappa shape index (κ3) is 5.06. The number of methoxy groups -OCH3 is 4. The molecule has 0 aliphatic heterocycles. The maximum Gasteiger partial charge on any atom is 0.227 e. The Morgan fingerprint density at radius 3 is 2.00 bits per heavy atom. The second kappa shape index (κ2) is 9.71. The molecule has 0 saturated heterocycles. The predicted molar refractivity (Wildman–Crippen MR) is 104 cm³/mol. The Bertz CT molecular complexity index is 775. The summed E-state index contributed by atoms with van der Waals surface area (Å²) in [7, 11) is 6.37. The van der Waals surface area contributed by atoms with Gasteiger partial charge in [0.1, 0.15) is 0 Å². The van der Waals surface area contributed by atoms with Gasteiger partial charge in [-0.05, 0) is 48.7 Å². The molecule has 2 aromatic carbocycles. The van der Waals surface area contributed by atoms with Crippen LogP contribution in [0, 0.1) is 0 Å². The number of rotatable bonds is 9. The Kier molecular flexibility index (Phi) is 7.34. The molecule has 0 heterocycles. The number of carbonyl (C=O) groups is 1. The van der Waals surface area contributed by atoms with Crippen molar-refractivity contribution in [3.8, 4) is 23.0 Å². The lowest BCUT2D eigenvalue weighted by molar-refractivity contribution is -0.122. The largest absolute Gasteiger partial charge is 0.493 e. The molecule has 0 radical (unpaired) electrons. The van der Waals surface area contributed by atoms with Gasteiger partial charge in [-0.3, -0.25) is 4.79 Å². The van der Waals surface area contributed by atoms with Crippen molar-refractivity contribution < 1.29 is 23.7 Å². The fourth-order valence-electron chi connectivity index (χ4n) is 2.79. The Morgan fingerprint density at radius 2 is 1.41 bits per heavy atom. The van der Waals surface area contributed by atoms with Crippen LogP contribution < -0.4 is 24.3 Å². The molecular formula is C21H27NO5. The second-order valence-electron chi connectivity index (χ2n) is 6.07. The Morgan fingerprint density at radius 1 is 0.852 bits per heavy atom. The lowest BCUT2D eigenvalue weighted by Gasteiger charge is -2.15. The van der Waals surface area contributed by atoms with Crippen molar-refractivity contribution >= 4 is 5.91 Å². The predicted octanol–water partition coefficient (Wildman–Crippen LogP) is 3.18. The van der Waals surface area contributed by atoms with Crippen LogP contribution in [0.2, 0.25) is 0 Å². The van der Waals surface area contributed by atoms with Crippen LogP contribution in [0.25, 0.3) is 0 Å². The molecule has 1 N–H and O–H groups in total. The molecule has 0 aromatic heterocycles. The molecule has 0 aliphatic rings. The second-order valence-corrected chi connectivity index (χ2v) is 6.07. The van der Waals surface area contributed by atoms with E-state index in [-0.39, 0.29) is 11.8 Å². The van der Waals surface area contributed by atoms with Crippen LogP contribution >= 0.6 is 0 Å². The lowest BCUT2D eigenvalue weighted by Crippen LogP contribution is -2.29. The number of hydrogen-bond donors (Lipinski definition) is 1. The van der Waals surface area contributed by atoms with Gasteiger partial charge < -0.3 is 24.3 Å². The van der Waals surface area contributed by atoms with Crippen molar-refractivity contribution in [3.63, 3.8) is 0 Å². The first kappa shape index (κ1) is 20.4. The van der Waals surface area contributed by atoms with Gasteiger partial charge in [-0.25, -0.2) is 0 Å². The molecule has 1 unspecified atom stereocenters. The summed E-state index contributed by atoms with van der Waals surface area (Å²) in [6.45, 7) is 2.40. The molecule has 6 heteroatoms. The molecule has 146 valence electrons. The highest BCUT2D eigenvalue weighted by molar-refractivity contribution is 5.83. The first-order valence-electron chi connectivity index (χ1n) is 8.74. The first-order chi connectivity index (χ1) is 13.0. The van der Waals surface area contributed by atoms with E-state index in [0.717, 1.165) is 11.1 Å². The maximum absolute atomic E-state index is 12.5. The van der Waals surface area contributed by atoms with E-state index >= 15 is 0 Å². The van der Waals surface area contributed by atoms with Crippen molar-refractivity contribution in [2.45, 2.75) is 19.3 Å². The van der Waals surface area contributed by atoms with Crippen molar-refractivity contribution in [2.75, 3.05) is 35.0 Å². The zero-order valence-electron chi connectivity index (χ0n) is 16.5. The third-order valence-corrected chi connectivity index (χ3v) is 4.46. The summed E-state index contributed by atoms with van der Waals surface area (Å²) in [4.78, 5) is 12.5. The summed E-state index contributed by atoms with van der Waals surface area (Å²) in [5.74, 6) is 2.28. The van der Waals surface area contributed by atoms with Crippen molar-refractivity contribution in [1.29, 1.82) is 0 Å². The van der Waals surface area contributed by atoms with E-state index in [4.69, 9.17) is 18.9 Å². The molecule has 0 saturated carbocycles. The van der Waals surface area contributed by atoms with Crippen LogP contribution in [0.15, 0.2) is 36.4 Å². The fourth-order valence-corrected chi connectivity index (χ4v) is 2.79. The van der Waals surface area contributed by atoms with Gasteiger partial charge in [0.25, 0.3) is 0 Å². The number of amides is 1. The summed E-state index contributed by atoms with van der Waals surface area (Å²) in [5.41, 5.74) is 1.93. The van der Waals surface area contributed by atoms with Crippen LogP contribution in [0.4, 0.5) is 0 Å². The SMILES string of the molecule is COc1ccc(CCNC(=O)C(C)c2ccc(OC)c(OC)c2)cc1OC. The molecular weight excluding hydrogens is 346 g/mol. The summed E-state index contributed by atoms with van der Waals surface area (Å²) in [6, 6.07) is 11.3. The van der Waals surface area contributed by atoms with Gasteiger partial charge in [0.2, 0.25) is 5.91 Å². The molecule has 0 fully saturated rings. The van der Waals surface area contributed by atoms with Crippen molar-refractivity contribution in [1.82, 2.24) is 5.32 Å². The molecule has 2 rings (SSSR count). The molecule has 0 aliphatic carbocycles. The zero-order chi connectivity index (χ0) is 19.8. The fraction of sp³-hybridized carbons (Fsp3) is 0.381. The van der Waals surface area contributed by atoms with Crippen molar-refractivity contribution in [3.05, 3.63) is 47.5 Å². The minimum Gasteiger partial charge on any atom is -0.493 e. The van der Waals surface area contributed by atoms with Crippen LogP contribution in [0.3, 0.4) is 0 Å². The minimum atomic E-state index is -0.296. The number of hydrogen-bond acceptors (Lipinski definition) is 5. The molecule has 1 atom stereocenters. The van der Waals surface area contributed by atoms with E-state index in [1.807, 2.05) is 43.3 Å². The van der Waals surface area contributed by atoms with Crippen LogP contribution in [-0.4, -0.2) is 40.9 Å². The molecule has 2 aromatic rings. The first-order valence-corrected chi connectivity index (χ1v) is 8.74. The van der Waals surface area contributed by atoms with Gasteiger partial charge >= 0.3 is 0 Å². The lowest BCUT2D eigenvalue weighted by atomic mass is 9.99. The average molecular weight is 373 g/mol. The molecule has 0 spiro atoms. The van der Waals surface area contributed by atoms with Gasteiger partial charge in [0.15, 0.2) is 23.0 Å². The quantitative estimate of drug-likeness (QED) is 0.731. The van der Waals surface area contributed by atoms with Gasteiger partial charge in [-0.15, -0.1) is 0 Å². The van der Waals surface area contributed by atoms with Crippen LogP contribution in [0.5, 0.6) is 23.0 Å². The van der Waals surface area contributed by atoms with E-state index in [1.54, 1.807) is 28.4 Å². The van der Waals surface area contributed by atoms with Gasteiger partial charge in [0.05, 0.1) is 34.4 Å². The van der Waals surface area contributed by atoms with Crippen molar-refractivity contribution in [2.24, 2.45) is 0 Å². The van der Waals surface area contributed by atoms with Gasteiger partial charge in [-0.1, -0.05) is 12.1 Å². The summed E-state index contributed by atoms with van der Waals surface area (Å²) >= 11 is 0. The van der Waals surface area contributed by atoms with E-state index in [9.17, 15) is 4.79 Å². The number of carbonyl (C=O) groups excluding carboxylic acids is 1. The normalized spacial score (nSPS) is 11.4. The van der Waals surface area contributed by atoms with E-state index in [0.29, 0.717) is 36.0 Å². The highest BCUT2D eigenvalue weighted by Gasteiger charge is 2.17. The highest BCUT2D eigenvalue weighted by Crippen LogP contribution is 2.31. The summed E-state index contributed by atoms with van der Waals surface area (Å²) in [6.07, 6.45) is 0.699. The standard InChI is InChI=1S/C21H27NO5/c1-14(16-7-9-18(25-3)20(13-16)27-5)21(23)22-11-10-15-6-8-17(24-2)19(12-15)26-4/h6-9,12-14H,10-11H2,1-5H3,(H,22,23). The van der Waals surface area contributed by atoms with Crippen LogP contribution in [0.1, 0.15) is 24.0 Å². The van der Waals surface area contributed by atoms with Crippen LogP contribution in [-0.2, 0) is 11.2 Å². The van der Waals surface area contributed by atoms with E-state index in [2.05, 4.69) is 5.32 Å². The Balaban J connectivity index is 1.95. The summed E-state index contributed by atoms with van der Waals surface area (Å²) in [5, 5.41) is 2.98. The Hall–Kier alpha value is -2.89. The number of ether oxygens (including phenoxy) is 4. The monoisotopic (exact) mass is 373 g/mol. The topological polar surface area (TPSA) is 66.0 Å². The summed E-state index contributed by atoms with van der Waals surface area (Å²) < 4.78 is 21.1. The number of nitrogens with one attached hydrogen (secondary N) is 1.